The molecule has 0 saturated carbocycles. The standard InChI is InChI=1S/C11H11BrF3N5/c1-6(16-2)10-17-18-19-20(10)9-4-7(11(13,14)15)3-8(12)5-9/h3-6,16H,1-2H3. The molecule has 5 nitrogen and oxygen atoms in total. The zero-order chi connectivity index (χ0) is 14.9. The van der Waals surface area contributed by atoms with Gasteiger partial charge in [-0.25, -0.2) is 0 Å². The predicted octanol–water partition coefficient (Wildman–Crippen LogP) is 2.72. The van der Waals surface area contributed by atoms with Gasteiger partial charge in [-0.3, -0.25) is 0 Å². The van der Waals surface area contributed by atoms with Crippen LogP contribution in [0.1, 0.15) is 24.4 Å². The maximum absolute atomic E-state index is 12.8. The molecule has 20 heavy (non-hydrogen) atoms. The van der Waals surface area contributed by atoms with Crippen molar-refractivity contribution in [1.82, 2.24) is 25.5 Å². The molecule has 1 aromatic carbocycles. The van der Waals surface area contributed by atoms with Crippen molar-refractivity contribution in [2.24, 2.45) is 0 Å². The molecule has 2 rings (SSSR count). The number of rotatable bonds is 3. The maximum atomic E-state index is 12.8. The molecule has 1 aromatic heterocycles. The van der Waals surface area contributed by atoms with Crippen molar-refractivity contribution < 1.29 is 13.2 Å². The largest absolute Gasteiger partial charge is 0.416 e. The third-order valence-corrected chi connectivity index (χ3v) is 3.23. The summed E-state index contributed by atoms with van der Waals surface area (Å²) in [5, 5.41) is 14.0. The van der Waals surface area contributed by atoms with Gasteiger partial charge in [-0.2, -0.15) is 17.9 Å². The monoisotopic (exact) mass is 349 g/mol. The zero-order valence-corrected chi connectivity index (χ0v) is 12.2. The lowest BCUT2D eigenvalue weighted by molar-refractivity contribution is -0.137. The van der Waals surface area contributed by atoms with E-state index in [1.165, 1.54) is 10.7 Å². The van der Waals surface area contributed by atoms with Gasteiger partial charge in [-0.1, -0.05) is 15.9 Å². The van der Waals surface area contributed by atoms with Crippen molar-refractivity contribution in [2.45, 2.75) is 19.1 Å². The summed E-state index contributed by atoms with van der Waals surface area (Å²) >= 11 is 3.07. The Balaban J connectivity index is 2.54. The van der Waals surface area contributed by atoms with Gasteiger partial charge in [-0.15, -0.1) is 5.10 Å². The average molecular weight is 350 g/mol. The Morgan fingerprint density at radius 2 is 2.00 bits per heavy atom. The summed E-state index contributed by atoms with van der Waals surface area (Å²) in [4.78, 5) is 0. The maximum Gasteiger partial charge on any atom is 0.416 e. The van der Waals surface area contributed by atoms with E-state index in [4.69, 9.17) is 0 Å². The SMILES string of the molecule is CNC(C)c1nnnn1-c1cc(Br)cc(C(F)(F)F)c1. The van der Waals surface area contributed by atoms with Gasteiger partial charge in [0.25, 0.3) is 0 Å². The number of aromatic nitrogens is 4. The van der Waals surface area contributed by atoms with Crippen LogP contribution in [-0.4, -0.2) is 27.3 Å². The first kappa shape index (κ1) is 14.9. The summed E-state index contributed by atoms with van der Waals surface area (Å²) in [5.74, 6) is 0.429. The van der Waals surface area contributed by atoms with Crippen LogP contribution in [0.5, 0.6) is 0 Å². The highest BCUT2D eigenvalue weighted by Crippen LogP contribution is 2.33. The first-order valence-corrected chi connectivity index (χ1v) is 6.46. The first-order chi connectivity index (χ1) is 9.32. The Labute approximate surface area is 121 Å². The molecule has 0 spiro atoms. The molecule has 108 valence electrons. The van der Waals surface area contributed by atoms with E-state index in [2.05, 4.69) is 36.8 Å². The molecule has 0 radical (unpaired) electrons. The van der Waals surface area contributed by atoms with Crippen molar-refractivity contribution in [3.63, 3.8) is 0 Å². The summed E-state index contributed by atoms with van der Waals surface area (Å²) in [6.45, 7) is 1.81. The molecule has 0 aliphatic carbocycles. The number of benzene rings is 1. The Hall–Kier alpha value is -1.48. The number of nitrogens with one attached hydrogen (secondary N) is 1. The highest BCUT2D eigenvalue weighted by atomic mass is 79.9. The quantitative estimate of drug-likeness (QED) is 0.925. The summed E-state index contributed by atoms with van der Waals surface area (Å²) in [6, 6.07) is 3.35. The molecule has 0 fully saturated rings. The van der Waals surface area contributed by atoms with E-state index in [0.29, 0.717) is 10.3 Å². The highest BCUT2D eigenvalue weighted by Gasteiger charge is 2.31. The van der Waals surface area contributed by atoms with E-state index >= 15 is 0 Å². The number of tetrazole rings is 1. The Kier molecular flexibility index (Phi) is 4.09. The van der Waals surface area contributed by atoms with Crippen molar-refractivity contribution in [3.05, 3.63) is 34.1 Å². The molecule has 0 bridgehead atoms. The molecule has 1 atom stereocenters. The second-order valence-electron chi connectivity index (χ2n) is 4.16. The molecular weight excluding hydrogens is 339 g/mol. The molecule has 0 aliphatic rings. The first-order valence-electron chi connectivity index (χ1n) is 5.66. The summed E-state index contributed by atoms with van der Waals surface area (Å²) in [7, 11) is 1.71. The number of alkyl halides is 3. The fourth-order valence-electron chi connectivity index (χ4n) is 1.64. The van der Waals surface area contributed by atoms with E-state index < -0.39 is 11.7 Å². The Morgan fingerprint density at radius 1 is 1.30 bits per heavy atom. The fourth-order valence-corrected chi connectivity index (χ4v) is 2.12. The van der Waals surface area contributed by atoms with Gasteiger partial charge in [-0.05, 0) is 42.6 Å². The summed E-state index contributed by atoms with van der Waals surface area (Å²) < 4.78 is 40.0. The minimum atomic E-state index is -4.43. The van der Waals surface area contributed by atoms with Crippen LogP contribution in [0.4, 0.5) is 13.2 Å². The lowest BCUT2D eigenvalue weighted by atomic mass is 10.2. The number of halogens is 4. The van der Waals surface area contributed by atoms with E-state index in [0.717, 1.165) is 12.1 Å². The molecule has 0 aliphatic heterocycles. The van der Waals surface area contributed by atoms with Crippen LogP contribution in [-0.2, 0) is 6.18 Å². The Bertz CT molecular complexity index is 610. The Morgan fingerprint density at radius 3 is 2.60 bits per heavy atom. The smallest absolute Gasteiger partial charge is 0.311 e. The van der Waals surface area contributed by atoms with Gasteiger partial charge in [0.15, 0.2) is 5.82 Å². The topological polar surface area (TPSA) is 55.6 Å². The molecule has 9 heteroatoms. The van der Waals surface area contributed by atoms with Crippen LogP contribution in [0.2, 0.25) is 0 Å². The molecule has 1 N–H and O–H groups in total. The molecule has 2 aromatic rings. The van der Waals surface area contributed by atoms with Crippen LogP contribution < -0.4 is 5.32 Å². The molecular formula is C11H11BrF3N5. The lowest BCUT2D eigenvalue weighted by Crippen LogP contribution is -2.18. The van der Waals surface area contributed by atoms with Crippen LogP contribution in [0, 0.1) is 0 Å². The van der Waals surface area contributed by atoms with E-state index in [1.807, 2.05) is 6.92 Å². The van der Waals surface area contributed by atoms with Crippen molar-refractivity contribution in [2.75, 3.05) is 7.05 Å². The predicted molar refractivity (Wildman–Crippen MR) is 69.3 cm³/mol. The van der Waals surface area contributed by atoms with Crippen LogP contribution in [0.3, 0.4) is 0 Å². The highest BCUT2D eigenvalue weighted by molar-refractivity contribution is 9.10. The fraction of sp³-hybridized carbons (Fsp3) is 0.364. The van der Waals surface area contributed by atoms with Gasteiger partial charge in [0, 0.05) is 4.47 Å². The normalized spacial score (nSPS) is 13.5. The van der Waals surface area contributed by atoms with Gasteiger partial charge in [0.05, 0.1) is 17.3 Å². The van der Waals surface area contributed by atoms with Gasteiger partial charge < -0.3 is 5.32 Å². The average Bonchev–Trinajstić information content (AvgIpc) is 2.85. The van der Waals surface area contributed by atoms with Gasteiger partial charge >= 0.3 is 6.18 Å². The number of nitrogens with zero attached hydrogens (tertiary/aromatic N) is 4. The second kappa shape index (κ2) is 5.49. The second-order valence-corrected chi connectivity index (χ2v) is 5.07. The summed E-state index contributed by atoms with van der Waals surface area (Å²) in [6.07, 6.45) is -4.43. The van der Waals surface area contributed by atoms with Crippen molar-refractivity contribution in [1.29, 1.82) is 0 Å². The van der Waals surface area contributed by atoms with Crippen LogP contribution in [0.25, 0.3) is 5.69 Å². The van der Waals surface area contributed by atoms with Gasteiger partial charge in [0.1, 0.15) is 0 Å². The van der Waals surface area contributed by atoms with Gasteiger partial charge in [0.2, 0.25) is 0 Å². The van der Waals surface area contributed by atoms with Crippen molar-refractivity contribution in [3.8, 4) is 5.69 Å². The van der Waals surface area contributed by atoms with Crippen LogP contribution in [0.15, 0.2) is 22.7 Å². The van der Waals surface area contributed by atoms with E-state index in [1.54, 1.807) is 7.05 Å². The van der Waals surface area contributed by atoms with E-state index in [9.17, 15) is 13.2 Å². The third kappa shape index (κ3) is 2.98. The summed E-state index contributed by atoms with van der Waals surface area (Å²) in [5.41, 5.74) is -0.519. The molecule has 0 amide bonds. The third-order valence-electron chi connectivity index (χ3n) is 2.77. The molecule has 1 unspecified atom stereocenters. The van der Waals surface area contributed by atoms with E-state index in [-0.39, 0.29) is 11.7 Å². The number of hydrogen-bond acceptors (Lipinski definition) is 4. The van der Waals surface area contributed by atoms with Crippen molar-refractivity contribution >= 4 is 15.9 Å². The molecule has 0 saturated heterocycles. The molecule has 1 heterocycles. The minimum absolute atomic E-state index is 0.196. The number of hydrogen-bond donors (Lipinski definition) is 1. The minimum Gasteiger partial charge on any atom is -0.311 e. The lowest BCUT2D eigenvalue weighted by Gasteiger charge is -2.13. The zero-order valence-electron chi connectivity index (χ0n) is 10.6. The van der Waals surface area contributed by atoms with Crippen LogP contribution >= 0.6 is 15.9 Å².